The molecule has 5 nitrogen and oxygen atoms in total. The molecule has 17 heavy (non-hydrogen) atoms. The minimum absolute atomic E-state index is 0.540. The van der Waals surface area contributed by atoms with Crippen LogP contribution in [0.15, 0.2) is 0 Å². The predicted molar refractivity (Wildman–Crippen MR) is 71.7 cm³/mol. The second kappa shape index (κ2) is 5.75. The van der Waals surface area contributed by atoms with E-state index in [-0.39, 0.29) is 0 Å². The van der Waals surface area contributed by atoms with Crippen LogP contribution >= 0.6 is 11.5 Å². The molecule has 1 fully saturated rings. The van der Waals surface area contributed by atoms with Crippen LogP contribution in [0.25, 0.3) is 0 Å². The first-order chi connectivity index (χ1) is 8.19. The third-order valence-electron chi connectivity index (χ3n) is 3.19. The molecule has 1 aromatic heterocycles. The van der Waals surface area contributed by atoms with Gasteiger partial charge in [-0.15, -0.1) is 0 Å². The van der Waals surface area contributed by atoms with Crippen LogP contribution in [-0.4, -0.2) is 65.5 Å². The molecular weight excluding hydrogens is 234 g/mol. The Bertz CT molecular complexity index is 353. The summed E-state index contributed by atoms with van der Waals surface area (Å²) in [5.41, 5.74) is 0. The first-order valence-electron chi connectivity index (χ1n) is 6.14. The van der Waals surface area contributed by atoms with Crippen LogP contribution in [0, 0.1) is 0 Å². The van der Waals surface area contributed by atoms with Gasteiger partial charge in [-0.05, 0) is 21.0 Å². The van der Waals surface area contributed by atoms with Crippen LogP contribution in [0.4, 0.5) is 5.13 Å². The first kappa shape index (κ1) is 12.7. The Balaban J connectivity index is 1.94. The van der Waals surface area contributed by atoms with Gasteiger partial charge < -0.3 is 15.1 Å². The summed E-state index contributed by atoms with van der Waals surface area (Å²) in [5, 5.41) is 4.15. The van der Waals surface area contributed by atoms with Gasteiger partial charge in [0.15, 0.2) is 0 Å². The van der Waals surface area contributed by atoms with Crippen LogP contribution < -0.4 is 5.32 Å². The highest BCUT2D eigenvalue weighted by atomic mass is 32.1. The fourth-order valence-electron chi connectivity index (χ4n) is 2.09. The monoisotopic (exact) mass is 255 g/mol. The van der Waals surface area contributed by atoms with Crippen LogP contribution in [0.2, 0.25) is 0 Å². The van der Waals surface area contributed by atoms with E-state index >= 15 is 0 Å². The average Bonchev–Trinajstić information content (AvgIpc) is 2.72. The Morgan fingerprint density at radius 3 is 3.00 bits per heavy atom. The smallest absolute Gasteiger partial charge is 0.202 e. The van der Waals surface area contributed by atoms with Gasteiger partial charge in [0, 0.05) is 50.2 Å². The second-order valence-electron chi connectivity index (χ2n) is 4.65. The van der Waals surface area contributed by atoms with E-state index in [1.165, 1.54) is 11.5 Å². The van der Waals surface area contributed by atoms with Gasteiger partial charge in [0.05, 0.1) is 0 Å². The van der Waals surface area contributed by atoms with Gasteiger partial charge in [-0.3, -0.25) is 0 Å². The molecule has 96 valence electrons. The predicted octanol–water partition coefficient (Wildman–Crippen LogP) is 0.758. The maximum atomic E-state index is 4.50. The van der Waals surface area contributed by atoms with E-state index in [1.807, 2.05) is 0 Å². The summed E-state index contributed by atoms with van der Waals surface area (Å²) < 4.78 is 4.41. The van der Waals surface area contributed by atoms with Crippen molar-refractivity contribution in [2.75, 3.05) is 45.6 Å². The number of aromatic nitrogens is 2. The number of nitrogens with one attached hydrogen (secondary N) is 1. The van der Waals surface area contributed by atoms with E-state index in [4.69, 9.17) is 0 Å². The average molecular weight is 255 g/mol. The number of hydrogen-bond acceptors (Lipinski definition) is 6. The number of anilines is 1. The van der Waals surface area contributed by atoms with E-state index in [9.17, 15) is 0 Å². The number of likely N-dealkylation sites (N-methyl/N-ethyl adjacent to an activating group) is 2. The maximum absolute atomic E-state index is 4.50. The highest BCUT2D eigenvalue weighted by Gasteiger charge is 2.23. The Labute approximate surface area is 107 Å². The molecule has 0 aromatic carbocycles. The van der Waals surface area contributed by atoms with Crippen molar-refractivity contribution in [2.45, 2.75) is 19.4 Å². The van der Waals surface area contributed by atoms with Crippen LogP contribution in [0.3, 0.4) is 0 Å². The normalized spacial score (nSPS) is 22.9. The summed E-state index contributed by atoms with van der Waals surface area (Å²) >= 11 is 1.46. The number of rotatable bonds is 4. The van der Waals surface area contributed by atoms with Crippen LogP contribution in [-0.2, 0) is 6.42 Å². The summed E-state index contributed by atoms with van der Waals surface area (Å²) in [6.45, 7) is 6.36. The number of hydrogen-bond donors (Lipinski definition) is 1. The van der Waals surface area contributed by atoms with Gasteiger partial charge in [-0.25, -0.2) is 4.98 Å². The van der Waals surface area contributed by atoms with Crippen molar-refractivity contribution in [3.05, 3.63) is 5.82 Å². The first-order valence-corrected chi connectivity index (χ1v) is 6.91. The zero-order chi connectivity index (χ0) is 12.3. The van der Waals surface area contributed by atoms with E-state index in [2.05, 4.69) is 45.5 Å². The summed E-state index contributed by atoms with van der Waals surface area (Å²) in [6, 6.07) is 0.540. The van der Waals surface area contributed by atoms with Gasteiger partial charge in [-0.2, -0.15) is 4.37 Å². The highest BCUT2D eigenvalue weighted by Crippen LogP contribution is 2.15. The molecule has 1 atom stereocenters. The molecule has 6 heteroatoms. The quantitative estimate of drug-likeness (QED) is 0.860. The van der Waals surface area contributed by atoms with E-state index in [1.54, 1.807) is 0 Å². The van der Waals surface area contributed by atoms with Gasteiger partial charge >= 0.3 is 0 Å². The third-order valence-corrected chi connectivity index (χ3v) is 3.91. The molecule has 0 saturated carbocycles. The van der Waals surface area contributed by atoms with Crippen molar-refractivity contribution in [3.63, 3.8) is 0 Å². The molecule has 1 aromatic rings. The van der Waals surface area contributed by atoms with Gasteiger partial charge in [0.2, 0.25) is 5.13 Å². The Kier molecular flexibility index (Phi) is 4.31. The standard InChI is InChI=1S/C11H21N5S/c1-4-12-11-13-10(14-17-11)7-9-8-15(2)5-6-16(9)3/h9H,4-8H2,1-3H3,(H,12,13,14). The van der Waals surface area contributed by atoms with E-state index in [0.29, 0.717) is 6.04 Å². The van der Waals surface area contributed by atoms with Crippen molar-refractivity contribution in [1.29, 1.82) is 0 Å². The molecule has 0 radical (unpaired) electrons. The summed E-state index contributed by atoms with van der Waals surface area (Å²) in [7, 11) is 4.37. The topological polar surface area (TPSA) is 44.3 Å². The summed E-state index contributed by atoms with van der Waals surface area (Å²) in [5.74, 6) is 0.970. The van der Waals surface area contributed by atoms with Gasteiger partial charge in [0.1, 0.15) is 5.82 Å². The zero-order valence-electron chi connectivity index (χ0n) is 10.8. The molecule has 0 bridgehead atoms. The molecule has 0 spiro atoms. The van der Waals surface area contributed by atoms with Crippen molar-refractivity contribution >= 4 is 16.7 Å². The largest absolute Gasteiger partial charge is 0.361 e. The maximum Gasteiger partial charge on any atom is 0.202 e. The van der Waals surface area contributed by atoms with Crippen molar-refractivity contribution in [1.82, 2.24) is 19.2 Å². The lowest BCUT2D eigenvalue weighted by Crippen LogP contribution is -2.50. The van der Waals surface area contributed by atoms with Crippen molar-refractivity contribution in [3.8, 4) is 0 Å². The molecule has 1 aliphatic heterocycles. The fourth-order valence-corrected chi connectivity index (χ4v) is 2.75. The Hall–Kier alpha value is -0.720. The lowest BCUT2D eigenvalue weighted by Gasteiger charge is -2.37. The SMILES string of the molecule is CCNc1nc(CC2CN(C)CCN2C)ns1. The number of piperazine rings is 1. The lowest BCUT2D eigenvalue weighted by molar-refractivity contribution is 0.113. The van der Waals surface area contributed by atoms with E-state index < -0.39 is 0 Å². The highest BCUT2D eigenvalue weighted by molar-refractivity contribution is 7.09. The molecular formula is C11H21N5S. The van der Waals surface area contributed by atoms with Crippen LogP contribution in [0.5, 0.6) is 0 Å². The molecule has 0 amide bonds. The molecule has 1 unspecified atom stereocenters. The Morgan fingerprint density at radius 2 is 2.24 bits per heavy atom. The minimum atomic E-state index is 0.540. The van der Waals surface area contributed by atoms with Crippen molar-refractivity contribution < 1.29 is 0 Å². The van der Waals surface area contributed by atoms with Gasteiger partial charge in [0.25, 0.3) is 0 Å². The molecule has 2 heterocycles. The second-order valence-corrected chi connectivity index (χ2v) is 5.40. The third kappa shape index (κ3) is 3.37. The summed E-state index contributed by atoms with van der Waals surface area (Å²) in [6.07, 6.45) is 0.947. The number of nitrogens with zero attached hydrogens (tertiary/aromatic N) is 4. The minimum Gasteiger partial charge on any atom is -0.361 e. The molecule has 1 saturated heterocycles. The molecule has 0 aliphatic carbocycles. The zero-order valence-corrected chi connectivity index (χ0v) is 11.6. The van der Waals surface area contributed by atoms with Crippen LogP contribution in [0.1, 0.15) is 12.7 Å². The molecule has 1 aliphatic rings. The molecule has 2 rings (SSSR count). The Morgan fingerprint density at radius 1 is 1.41 bits per heavy atom. The summed E-state index contributed by atoms with van der Waals surface area (Å²) in [4.78, 5) is 9.29. The van der Waals surface area contributed by atoms with Gasteiger partial charge in [-0.1, -0.05) is 0 Å². The fraction of sp³-hybridized carbons (Fsp3) is 0.818. The lowest BCUT2D eigenvalue weighted by atomic mass is 10.1. The van der Waals surface area contributed by atoms with Crippen molar-refractivity contribution in [2.24, 2.45) is 0 Å². The molecule has 1 N–H and O–H groups in total. The van der Waals surface area contributed by atoms with E-state index in [0.717, 1.165) is 43.6 Å².